The largest absolute Gasteiger partial charge is 0.497 e. The Hall–Kier alpha value is -3.71. The Balaban J connectivity index is 1.62. The molecule has 4 heterocycles. The molecule has 7 heteroatoms. The molecule has 1 saturated heterocycles. The predicted molar refractivity (Wildman–Crippen MR) is 137 cm³/mol. The van der Waals surface area contributed by atoms with Crippen molar-refractivity contribution in [2.75, 3.05) is 7.11 Å². The number of ether oxygens (including phenoxy) is 1. The average Bonchev–Trinajstić information content (AvgIpc) is 3.35. The van der Waals surface area contributed by atoms with Crippen molar-refractivity contribution in [3.8, 4) is 11.4 Å². The molecule has 4 aromatic rings. The Bertz CT molecular complexity index is 1310. The van der Waals surface area contributed by atoms with Crippen molar-refractivity contribution in [2.24, 2.45) is 0 Å². The molecule has 5 rings (SSSR count). The first-order valence-corrected chi connectivity index (χ1v) is 11.7. The lowest BCUT2D eigenvalue weighted by Gasteiger charge is -2.28. The van der Waals surface area contributed by atoms with E-state index in [2.05, 4.69) is 62.9 Å². The zero-order valence-corrected chi connectivity index (χ0v) is 20.3. The van der Waals surface area contributed by atoms with Crippen LogP contribution in [-0.4, -0.2) is 31.7 Å². The number of rotatable bonds is 6. The molecule has 1 N–H and O–H groups in total. The van der Waals surface area contributed by atoms with Crippen LogP contribution in [0.5, 0.6) is 5.75 Å². The van der Waals surface area contributed by atoms with Crippen LogP contribution in [0.2, 0.25) is 0 Å². The van der Waals surface area contributed by atoms with Crippen molar-refractivity contribution in [1.82, 2.24) is 24.8 Å². The van der Waals surface area contributed by atoms with Crippen LogP contribution in [0.3, 0.4) is 0 Å². The summed E-state index contributed by atoms with van der Waals surface area (Å²) in [6.07, 6.45) is 3.65. The Labute approximate surface area is 205 Å². The fourth-order valence-corrected chi connectivity index (χ4v) is 5.12. The normalized spacial score (nSPS) is 17.6. The minimum absolute atomic E-state index is 0.0324. The van der Waals surface area contributed by atoms with Gasteiger partial charge in [0.1, 0.15) is 5.75 Å². The highest BCUT2D eigenvalue weighted by atomic mass is 32.1. The van der Waals surface area contributed by atoms with E-state index in [0.29, 0.717) is 11.7 Å². The number of hydrogen-bond donors (Lipinski definition) is 1. The van der Waals surface area contributed by atoms with Gasteiger partial charge in [-0.3, -0.25) is 9.97 Å². The Morgan fingerprint density at radius 3 is 2.47 bits per heavy atom. The molecule has 0 bridgehead atoms. The maximum absolute atomic E-state index is 5.84. The van der Waals surface area contributed by atoms with Gasteiger partial charge in [0, 0.05) is 35.5 Å². The number of aryl methyl sites for hydroxylation is 1. The van der Waals surface area contributed by atoms with E-state index in [-0.39, 0.29) is 12.1 Å². The molecule has 0 radical (unpaired) electrons. The number of nitrogens with zero attached hydrogens (tertiary/aromatic N) is 4. The maximum atomic E-state index is 5.84. The first-order chi connectivity index (χ1) is 16.6. The Morgan fingerprint density at radius 1 is 0.971 bits per heavy atom. The van der Waals surface area contributed by atoms with Gasteiger partial charge in [-0.05, 0) is 74.1 Å². The van der Waals surface area contributed by atoms with Crippen LogP contribution in [0, 0.1) is 13.8 Å². The summed E-state index contributed by atoms with van der Waals surface area (Å²) >= 11 is 5.84. The third-order valence-corrected chi connectivity index (χ3v) is 6.71. The SMILES string of the molecule is COc1cccc(-n2c(C)cc([C@@H]3[C@@H](c4ccccn4)NC(=S)N3Cc3ccccn3)c2C)c1. The summed E-state index contributed by atoms with van der Waals surface area (Å²) < 4.78 is 7.74. The Kier molecular flexibility index (Phi) is 6.02. The second-order valence-electron chi connectivity index (χ2n) is 8.44. The smallest absolute Gasteiger partial charge is 0.170 e. The fraction of sp³-hybridized carbons (Fsp3) is 0.222. The zero-order chi connectivity index (χ0) is 23.7. The van der Waals surface area contributed by atoms with Gasteiger partial charge in [0.05, 0.1) is 37.1 Å². The van der Waals surface area contributed by atoms with Gasteiger partial charge < -0.3 is 19.5 Å². The van der Waals surface area contributed by atoms with E-state index in [1.807, 2.05) is 54.9 Å². The number of benzene rings is 1. The lowest BCUT2D eigenvalue weighted by Crippen LogP contribution is -2.29. The first kappa shape index (κ1) is 22.1. The molecular formula is C27H27N5OS. The van der Waals surface area contributed by atoms with E-state index in [1.165, 1.54) is 5.56 Å². The summed E-state index contributed by atoms with van der Waals surface area (Å²) in [5.41, 5.74) is 6.52. The lowest BCUT2D eigenvalue weighted by atomic mass is 9.96. The number of thiocarbonyl (C=S) groups is 1. The van der Waals surface area contributed by atoms with E-state index < -0.39 is 0 Å². The van der Waals surface area contributed by atoms with Gasteiger partial charge in [-0.25, -0.2) is 0 Å². The molecule has 0 spiro atoms. The molecule has 3 aromatic heterocycles. The molecule has 0 aliphatic carbocycles. The van der Waals surface area contributed by atoms with Crippen LogP contribution < -0.4 is 10.1 Å². The van der Waals surface area contributed by atoms with Crippen molar-refractivity contribution in [2.45, 2.75) is 32.5 Å². The first-order valence-electron chi connectivity index (χ1n) is 11.3. The quantitative estimate of drug-likeness (QED) is 0.398. The van der Waals surface area contributed by atoms with Gasteiger partial charge in [-0.2, -0.15) is 0 Å². The fourth-order valence-electron chi connectivity index (χ4n) is 4.81. The van der Waals surface area contributed by atoms with Gasteiger partial charge in [-0.15, -0.1) is 0 Å². The number of aromatic nitrogens is 3. The zero-order valence-electron chi connectivity index (χ0n) is 19.5. The highest BCUT2D eigenvalue weighted by Gasteiger charge is 2.41. The highest BCUT2D eigenvalue weighted by Crippen LogP contribution is 2.42. The molecule has 1 aliphatic rings. The van der Waals surface area contributed by atoms with Crippen LogP contribution in [0.15, 0.2) is 79.1 Å². The van der Waals surface area contributed by atoms with Crippen molar-refractivity contribution >= 4 is 17.3 Å². The summed E-state index contributed by atoms with van der Waals surface area (Å²) in [5, 5.41) is 4.25. The summed E-state index contributed by atoms with van der Waals surface area (Å²) in [7, 11) is 1.69. The highest BCUT2D eigenvalue weighted by molar-refractivity contribution is 7.80. The summed E-state index contributed by atoms with van der Waals surface area (Å²) in [5.74, 6) is 0.832. The molecule has 34 heavy (non-hydrogen) atoms. The number of pyridine rings is 2. The minimum Gasteiger partial charge on any atom is -0.497 e. The topological polar surface area (TPSA) is 55.2 Å². The van der Waals surface area contributed by atoms with Crippen LogP contribution >= 0.6 is 12.2 Å². The number of nitrogens with one attached hydrogen (secondary N) is 1. The maximum Gasteiger partial charge on any atom is 0.170 e. The minimum atomic E-state index is -0.0725. The van der Waals surface area contributed by atoms with E-state index in [1.54, 1.807) is 7.11 Å². The molecule has 6 nitrogen and oxygen atoms in total. The summed E-state index contributed by atoms with van der Waals surface area (Å²) in [4.78, 5) is 11.4. The van der Waals surface area contributed by atoms with Crippen molar-refractivity contribution in [3.63, 3.8) is 0 Å². The molecule has 1 aliphatic heterocycles. The van der Waals surface area contributed by atoms with Crippen LogP contribution in [0.1, 0.15) is 40.4 Å². The van der Waals surface area contributed by atoms with Crippen LogP contribution in [0.4, 0.5) is 0 Å². The van der Waals surface area contributed by atoms with Gasteiger partial charge in [0.15, 0.2) is 5.11 Å². The monoisotopic (exact) mass is 469 g/mol. The molecule has 1 aromatic carbocycles. The van der Waals surface area contributed by atoms with Crippen molar-refractivity contribution in [1.29, 1.82) is 0 Å². The van der Waals surface area contributed by atoms with E-state index >= 15 is 0 Å². The molecule has 0 saturated carbocycles. The van der Waals surface area contributed by atoms with Crippen molar-refractivity contribution < 1.29 is 4.74 Å². The average molecular weight is 470 g/mol. The van der Waals surface area contributed by atoms with E-state index in [9.17, 15) is 0 Å². The third kappa shape index (κ3) is 4.03. The third-order valence-electron chi connectivity index (χ3n) is 6.36. The van der Waals surface area contributed by atoms with Crippen LogP contribution in [0.25, 0.3) is 5.69 Å². The molecule has 172 valence electrons. The Morgan fingerprint density at radius 2 is 1.76 bits per heavy atom. The summed E-state index contributed by atoms with van der Waals surface area (Å²) in [6.45, 7) is 4.91. The predicted octanol–water partition coefficient (Wildman–Crippen LogP) is 5.07. The van der Waals surface area contributed by atoms with Gasteiger partial charge in [-0.1, -0.05) is 18.2 Å². The summed E-state index contributed by atoms with van der Waals surface area (Å²) in [6, 6.07) is 22.3. The second kappa shape index (κ2) is 9.27. The van der Waals surface area contributed by atoms with Gasteiger partial charge in [0.2, 0.25) is 0 Å². The standard InChI is InChI=1S/C27H27N5OS/c1-18-15-23(19(2)32(18)21-10-8-11-22(16-21)33-3)26-25(24-12-5-7-14-29-24)30-27(34)31(26)17-20-9-4-6-13-28-20/h4-16,25-26H,17H2,1-3H3,(H,30,34)/t25-,26-/m1/s1. The number of methoxy groups -OCH3 is 1. The lowest BCUT2D eigenvalue weighted by molar-refractivity contribution is 0.307. The van der Waals surface area contributed by atoms with E-state index in [0.717, 1.165) is 34.2 Å². The van der Waals surface area contributed by atoms with Gasteiger partial charge >= 0.3 is 0 Å². The number of hydrogen-bond acceptors (Lipinski definition) is 4. The molecule has 1 fully saturated rings. The molecule has 2 atom stereocenters. The van der Waals surface area contributed by atoms with E-state index in [4.69, 9.17) is 17.0 Å². The second-order valence-corrected chi connectivity index (χ2v) is 8.83. The van der Waals surface area contributed by atoms with Crippen LogP contribution in [-0.2, 0) is 6.54 Å². The van der Waals surface area contributed by atoms with Crippen molar-refractivity contribution in [3.05, 3.63) is 107 Å². The van der Waals surface area contributed by atoms with Gasteiger partial charge in [0.25, 0.3) is 0 Å². The molecule has 0 unspecified atom stereocenters. The molecular weight excluding hydrogens is 442 g/mol. The molecule has 0 amide bonds.